The maximum absolute atomic E-state index is 13.4. The molecule has 1 unspecified atom stereocenters. The van der Waals surface area contributed by atoms with Crippen LogP contribution in [0.25, 0.3) is 0 Å². The topological polar surface area (TPSA) is 52.5 Å². The minimum absolute atomic E-state index is 0.00224. The van der Waals surface area contributed by atoms with Gasteiger partial charge in [-0.1, -0.05) is 0 Å². The van der Waals surface area contributed by atoms with E-state index in [0.717, 1.165) is 0 Å². The fourth-order valence-corrected chi connectivity index (χ4v) is 2.06. The molecule has 0 bridgehead atoms. The minimum atomic E-state index is -0.355. The zero-order chi connectivity index (χ0) is 14.0. The van der Waals surface area contributed by atoms with Crippen LogP contribution in [-0.4, -0.2) is 10.2 Å². The van der Waals surface area contributed by atoms with Gasteiger partial charge in [-0.3, -0.25) is 0 Å². The van der Waals surface area contributed by atoms with Crippen LogP contribution in [0.5, 0.6) is 11.5 Å². The number of aromatic hydroxyl groups is 2. The smallest absolute Gasteiger partial charge is 0.139 e. The number of hydrogen-bond acceptors (Lipinski definition) is 3. The van der Waals surface area contributed by atoms with Gasteiger partial charge in [-0.15, -0.1) is 0 Å². The average molecular weight is 326 g/mol. The normalized spacial score (nSPS) is 12.2. The molecule has 0 aromatic heterocycles. The van der Waals surface area contributed by atoms with E-state index in [1.807, 2.05) is 6.92 Å². The fourth-order valence-electron chi connectivity index (χ4n) is 1.81. The Morgan fingerprint density at radius 3 is 2.53 bits per heavy atom. The van der Waals surface area contributed by atoms with Crippen LogP contribution < -0.4 is 5.32 Å². The van der Waals surface area contributed by atoms with Crippen molar-refractivity contribution >= 4 is 21.6 Å². The second kappa shape index (κ2) is 5.48. The summed E-state index contributed by atoms with van der Waals surface area (Å²) in [4.78, 5) is 0. The quantitative estimate of drug-likeness (QED) is 0.793. The number of nitrogens with one attached hydrogen (secondary N) is 1. The highest BCUT2D eigenvalue weighted by atomic mass is 79.9. The molecule has 0 fully saturated rings. The van der Waals surface area contributed by atoms with E-state index in [-0.39, 0.29) is 23.4 Å². The minimum Gasteiger partial charge on any atom is -0.508 e. The van der Waals surface area contributed by atoms with Crippen LogP contribution in [0.15, 0.2) is 40.9 Å². The maximum Gasteiger partial charge on any atom is 0.139 e. The fraction of sp³-hybridized carbons (Fsp3) is 0.143. The molecule has 3 nitrogen and oxygen atoms in total. The van der Waals surface area contributed by atoms with Gasteiger partial charge in [0.25, 0.3) is 0 Å². The van der Waals surface area contributed by atoms with E-state index < -0.39 is 0 Å². The summed E-state index contributed by atoms with van der Waals surface area (Å²) in [5, 5.41) is 22.1. The van der Waals surface area contributed by atoms with Crippen molar-refractivity contribution in [3.63, 3.8) is 0 Å². The van der Waals surface area contributed by atoms with Gasteiger partial charge in [-0.25, -0.2) is 4.39 Å². The zero-order valence-corrected chi connectivity index (χ0v) is 11.8. The third kappa shape index (κ3) is 3.17. The van der Waals surface area contributed by atoms with Crippen LogP contribution in [-0.2, 0) is 0 Å². The summed E-state index contributed by atoms with van der Waals surface area (Å²) in [5.74, 6) is -0.354. The third-order valence-corrected chi connectivity index (χ3v) is 3.43. The molecule has 2 rings (SSSR count). The van der Waals surface area contributed by atoms with E-state index in [1.165, 1.54) is 18.2 Å². The van der Waals surface area contributed by atoms with Gasteiger partial charge in [0.2, 0.25) is 0 Å². The molecule has 19 heavy (non-hydrogen) atoms. The lowest BCUT2D eigenvalue weighted by atomic mass is 10.1. The molecule has 0 amide bonds. The lowest BCUT2D eigenvalue weighted by Gasteiger charge is -2.17. The second-order valence-electron chi connectivity index (χ2n) is 4.24. The number of benzene rings is 2. The van der Waals surface area contributed by atoms with E-state index in [2.05, 4.69) is 21.2 Å². The highest BCUT2D eigenvalue weighted by Crippen LogP contribution is 2.30. The van der Waals surface area contributed by atoms with Crippen molar-refractivity contribution in [3.8, 4) is 11.5 Å². The van der Waals surface area contributed by atoms with Crippen LogP contribution in [0.4, 0.5) is 10.1 Å². The van der Waals surface area contributed by atoms with E-state index in [9.17, 15) is 14.6 Å². The number of rotatable bonds is 3. The van der Waals surface area contributed by atoms with Crippen molar-refractivity contribution < 1.29 is 14.6 Å². The van der Waals surface area contributed by atoms with Crippen molar-refractivity contribution in [1.29, 1.82) is 0 Å². The van der Waals surface area contributed by atoms with E-state index >= 15 is 0 Å². The first kappa shape index (κ1) is 13.7. The summed E-state index contributed by atoms with van der Waals surface area (Å²) in [6.45, 7) is 1.84. The van der Waals surface area contributed by atoms with E-state index in [0.29, 0.717) is 15.7 Å². The first-order valence-corrected chi connectivity index (χ1v) is 6.50. The third-order valence-electron chi connectivity index (χ3n) is 2.78. The molecule has 2 aromatic rings. The molecule has 5 heteroatoms. The predicted molar refractivity (Wildman–Crippen MR) is 75.9 cm³/mol. The Balaban J connectivity index is 2.20. The van der Waals surface area contributed by atoms with E-state index in [1.54, 1.807) is 18.2 Å². The SMILES string of the molecule is CC(Nc1ccc(Br)c(F)c1)c1ccc(O)cc1O. The average Bonchev–Trinajstić information content (AvgIpc) is 2.33. The van der Waals surface area contributed by atoms with Gasteiger partial charge in [0.05, 0.1) is 10.5 Å². The van der Waals surface area contributed by atoms with Crippen molar-refractivity contribution in [2.24, 2.45) is 0 Å². The molecule has 2 aromatic carbocycles. The van der Waals surface area contributed by atoms with Crippen LogP contribution in [0.2, 0.25) is 0 Å². The maximum atomic E-state index is 13.4. The van der Waals surface area contributed by atoms with Crippen LogP contribution in [0.1, 0.15) is 18.5 Å². The molecule has 3 N–H and O–H groups in total. The summed E-state index contributed by atoms with van der Waals surface area (Å²) >= 11 is 3.09. The largest absolute Gasteiger partial charge is 0.508 e. The Hall–Kier alpha value is -1.75. The molecule has 0 aliphatic heterocycles. The van der Waals surface area contributed by atoms with Gasteiger partial charge < -0.3 is 15.5 Å². The number of halogens is 2. The molecular formula is C14H13BrFNO2. The van der Waals surface area contributed by atoms with Crippen LogP contribution in [0.3, 0.4) is 0 Å². The van der Waals surface area contributed by atoms with Gasteiger partial charge in [-0.05, 0) is 53.2 Å². The first-order valence-electron chi connectivity index (χ1n) is 5.71. The summed E-state index contributed by atoms with van der Waals surface area (Å²) < 4.78 is 13.8. The van der Waals surface area contributed by atoms with Crippen molar-refractivity contribution in [3.05, 3.63) is 52.3 Å². The van der Waals surface area contributed by atoms with Gasteiger partial charge >= 0.3 is 0 Å². The van der Waals surface area contributed by atoms with Gasteiger partial charge in [0.1, 0.15) is 17.3 Å². The van der Waals surface area contributed by atoms with Gasteiger partial charge in [0.15, 0.2) is 0 Å². The molecule has 0 saturated heterocycles. The first-order chi connectivity index (χ1) is 8.97. The zero-order valence-electron chi connectivity index (χ0n) is 10.2. The molecule has 1 atom stereocenters. The molecular weight excluding hydrogens is 313 g/mol. The highest BCUT2D eigenvalue weighted by Gasteiger charge is 2.11. The number of phenolic OH excluding ortho intramolecular Hbond substituents is 2. The summed E-state index contributed by atoms with van der Waals surface area (Å²) in [5.41, 5.74) is 1.24. The standard InChI is InChI=1S/C14H13BrFNO2/c1-8(11-4-3-10(18)7-14(11)19)17-9-2-5-12(15)13(16)6-9/h2-8,17-19H,1H3. The predicted octanol–water partition coefficient (Wildman–Crippen LogP) is 4.17. The molecule has 0 heterocycles. The lowest BCUT2D eigenvalue weighted by molar-refractivity contribution is 0.444. The summed E-state index contributed by atoms with van der Waals surface area (Å²) in [6, 6.07) is 8.89. The van der Waals surface area contributed by atoms with Crippen LogP contribution in [0, 0.1) is 5.82 Å². The Morgan fingerprint density at radius 2 is 1.89 bits per heavy atom. The molecule has 0 aliphatic carbocycles. The Bertz CT molecular complexity index is 604. The van der Waals surface area contributed by atoms with Crippen molar-refractivity contribution in [1.82, 2.24) is 0 Å². The van der Waals surface area contributed by atoms with Gasteiger partial charge in [-0.2, -0.15) is 0 Å². The number of phenols is 2. The van der Waals surface area contributed by atoms with Crippen LogP contribution >= 0.6 is 15.9 Å². The highest BCUT2D eigenvalue weighted by molar-refractivity contribution is 9.10. The summed E-state index contributed by atoms with van der Waals surface area (Å²) in [6.07, 6.45) is 0. The van der Waals surface area contributed by atoms with E-state index in [4.69, 9.17) is 0 Å². The van der Waals surface area contributed by atoms with Gasteiger partial charge in [0, 0.05) is 17.3 Å². The van der Waals surface area contributed by atoms with Crippen molar-refractivity contribution in [2.75, 3.05) is 5.32 Å². The molecule has 0 aliphatic rings. The molecule has 0 radical (unpaired) electrons. The Labute approximate surface area is 118 Å². The number of hydrogen-bond donors (Lipinski definition) is 3. The molecule has 0 spiro atoms. The second-order valence-corrected chi connectivity index (χ2v) is 5.09. The lowest BCUT2D eigenvalue weighted by Crippen LogP contribution is -2.07. The monoisotopic (exact) mass is 325 g/mol. The Morgan fingerprint density at radius 1 is 1.16 bits per heavy atom. The Kier molecular flexibility index (Phi) is 3.95. The molecule has 0 saturated carbocycles. The summed E-state index contributed by atoms with van der Waals surface area (Å²) in [7, 11) is 0. The number of anilines is 1. The van der Waals surface area contributed by atoms with Crippen molar-refractivity contribution in [2.45, 2.75) is 13.0 Å². The molecule has 100 valence electrons.